The van der Waals surface area contributed by atoms with Crippen LogP contribution < -0.4 is 0 Å². The van der Waals surface area contributed by atoms with Crippen molar-refractivity contribution in [1.29, 1.82) is 0 Å². The zero-order valence-electron chi connectivity index (χ0n) is 18.8. The van der Waals surface area contributed by atoms with E-state index in [2.05, 4.69) is 4.90 Å². The normalized spacial score (nSPS) is 16.6. The van der Waals surface area contributed by atoms with Gasteiger partial charge in [0, 0.05) is 52.1 Å². The van der Waals surface area contributed by atoms with Gasteiger partial charge in [-0.1, -0.05) is 6.42 Å². The van der Waals surface area contributed by atoms with Gasteiger partial charge in [0.1, 0.15) is 5.78 Å². The topological polar surface area (TPSA) is 179 Å². The van der Waals surface area contributed by atoms with Crippen LogP contribution in [0.1, 0.15) is 45.4 Å². The van der Waals surface area contributed by atoms with E-state index in [1.54, 1.807) is 0 Å². The molecule has 1 aliphatic rings. The molecule has 14 heteroatoms. The fourth-order valence-corrected chi connectivity index (χ4v) is 5.71. The molecule has 0 bridgehead atoms. The van der Waals surface area contributed by atoms with Gasteiger partial charge in [-0.25, -0.2) is 0 Å². The van der Waals surface area contributed by atoms with Gasteiger partial charge < -0.3 is 39.4 Å². The number of aliphatic hydroxyl groups is 1. The van der Waals surface area contributed by atoms with E-state index in [4.69, 9.17) is 0 Å². The molecule has 0 unspecified atom stereocenters. The highest BCUT2D eigenvalue weighted by Gasteiger charge is 2.58. The van der Waals surface area contributed by atoms with E-state index >= 15 is 0 Å². The molecule has 0 spiro atoms. The number of hydrogen-bond donors (Lipinski definition) is 5. The minimum atomic E-state index is -5.44. The molecule has 1 amide bonds. The molecule has 0 aromatic rings. The number of carbonyl (C=O) groups is 2. The second-order valence-electron chi connectivity index (χ2n) is 8.40. The van der Waals surface area contributed by atoms with Crippen molar-refractivity contribution >= 4 is 26.9 Å². The Kier molecular flexibility index (Phi) is 11.6. The zero-order chi connectivity index (χ0) is 24.6. The van der Waals surface area contributed by atoms with E-state index in [1.807, 2.05) is 16.8 Å². The van der Waals surface area contributed by atoms with Crippen LogP contribution in [-0.4, -0.2) is 109 Å². The maximum Gasteiger partial charge on any atom is 0.369 e. The molecule has 1 saturated heterocycles. The summed E-state index contributed by atoms with van der Waals surface area (Å²) in [4.78, 5) is 66.5. The lowest BCUT2D eigenvalue weighted by Crippen LogP contribution is -2.47. The number of rotatable bonds is 14. The van der Waals surface area contributed by atoms with Gasteiger partial charge in [0.2, 0.25) is 5.91 Å². The molecule has 5 N–H and O–H groups in total. The van der Waals surface area contributed by atoms with Crippen LogP contribution in [-0.2, 0) is 18.7 Å². The molecular formula is C18H37N3O9P2. The second-order valence-corrected chi connectivity index (χ2v) is 12.4. The van der Waals surface area contributed by atoms with Crippen molar-refractivity contribution in [2.24, 2.45) is 0 Å². The van der Waals surface area contributed by atoms with Crippen LogP contribution in [0.25, 0.3) is 0 Å². The van der Waals surface area contributed by atoms with E-state index in [0.717, 1.165) is 13.1 Å². The number of likely N-dealkylation sites (N-methyl/N-ethyl adjacent to an activating group) is 1. The fourth-order valence-electron chi connectivity index (χ4n) is 3.45. The van der Waals surface area contributed by atoms with Crippen LogP contribution in [0.5, 0.6) is 0 Å². The summed E-state index contributed by atoms with van der Waals surface area (Å²) in [6.07, 6.45) is 0.769. The Morgan fingerprint density at radius 1 is 0.875 bits per heavy atom. The quantitative estimate of drug-likeness (QED) is 0.160. The highest BCUT2D eigenvalue weighted by atomic mass is 31.2. The molecule has 0 saturated carbocycles. The molecule has 1 fully saturated rings. The van der Waals surface area contributed by atoms with E-state index in [-0.39, 0.29) is 18.1 Å². The van der Waals surface area contributed by atoms with Crippen molar-refractivity contribution in [3.05, 3.63) is 0 Å². The van der Waals surface area contributed by atoms with Gasteiger partial charge in [-0.3, -0.25) is 18.7 Å². The Morgan fingerprint density at radius 3 is 1.91 bits per heavy atom. The van der Waals surface area contributed by atoms with E-state index in [1.165, 1.54) is 6.92 Å². The highest BCUT2D eigenvalue weighted by Crippen LogP contribution is 2.69. The number of piperazine rings is 1. The number of Topliss-reactive ketones (excluding diaryl/α,β-unsaturated/α-hetero) is 1. The maximum atomic E-state index is 12.5. The van der Waals surface area contributed by atoms with Crippen LogP contribution >= 0.6 is 15.2 Å². The molecule has 1 heterocycles. The Bertz CT molecular complexity index is 694. The molecule has 0 atom stereocenters. The van der Waals surface area contributed by atoms with Crippen LogP contribution in [0.3, 0.4) is 0 Å². The van der Waals surface area contributed by atoms with Crippen LogP contribution in [0.2, 0.25) is 0 Å². The Balaban J connectivity index is 2.51. The standard InChI is InChI=1S/C18H37N3O9P2/c1-16(22)6-10-20(11-7-17(23)21-14-12-19(2)13-15-21)9-5-3-4-8-18(24,31(25,26)27)32(28,29)30/h24H,3-15H2,1-2H3,(H2,25,26,27)(H2,28,29,30). The number of unbranched alkanes of at least 4 members (excludes halogenated alkanes) is 2. The minimum Gasteiger partial charge on any atom is -0.368 e. The van der Waals surface area contributed by atoms with Gasteiger partial charge in [-0.15, -0.1) is 0 Å². The van der Waals surface area contributed by atoms with Gasteiger partial charge in [-0.05, 0) is 39.8 Å². The first-order valence-corrected chi connectivity index (χ1v) is 13.9. The maximum absolute atomic E-state index is 12.5. The summed E-state index contributed by atoms with van der Waals surface area (Å²) in [6, 6.07) is 0. The Hall–Kier alpha value is -0.680. The summed E-state index contributed by atoms with van der Waals surface area (Å²) < 4.78 is 22.8. The molecule has 32 heavy (non-hydrogen) atoms. The third kappa shape index (κ3) is 9.29. The summed E-state index contributed by atoms with van der Waals surface area (Å²) in [5.74, 6) is 0.0769. The Morgan fingerprint density at radius 2 is 1.41 bits per heavy atom. The molecule has 0 aromatic carbocycles. The minimum absolute atomic E-state index is 0.00645. The van der Waals surface area contributed by atoms with Crippen LogP contribution in [0.15, 0.2) is 0 Å². The highest BCUT2D eigenvalue weighted by molar-refractivity contribution is 7.72. The summed E-state index contributed by atoms with van der Waals surface area (Å²) in [6.45, 7) is 5.96. The molecule has 0 aliphatic carbocycles. The number of carbonyl (C=O) groups excluding carboxylic acids is 2. The lowest BCUT2D eigenvalue weighted by molar-refractivity contribution is -0.133. The summed E-state index contributed by atoms with van der Waals surface area (Å²) >= 11 is 0. The van der Waals surface area contributed by atoms with Crippen LogP contribution in [0, 0.1) is 0 Å². The summed E-state index contributed by atoms with van der Waals surface area (Å²) in [7, 11) is -8.87. The van der Waals surface area contributed by atoms with Gasteiger partial charge in [0.05, 0.1) is 0 Å². The van der Waals surface area contributed by atoms with Crippen molar-refractivity contribution in [2.45, 2.75) is 50.5 Å². The van der Waals surface area contributed by atoms with E-state index in [9.17, 15) is 43.4 Å². The predicted octanol–water partition coefficient (Wildman–Crippen LogP) is -0.00650. The lowest BCUT2D eigenvalue weighted by atomic mass is 10.1. The smallest absolute Gasteiger partial charge is 0.368 e. The monoisotopic (exact) mass is 501 g/mol. The molecule has 1 aliphatic heterocycles. The SMILES string of the molecule is CC(=O)CCN(CCCCCC(O)(P(=O)(O)O)P(=O)(O)O)CCC(=O)N1CCN(C)CC1. The Labute approximate surface area is 188 Å². The average molecular weight is 501 g/mol. The first kappa shape index (κ1) is 29.4. The molecule has 0 aromatic heterocycles. The number of hydrogen-bond acceptors (Lipinski definition) is 7. The molecular weight excluding hydrogens is 464 g/mol. The van der Waals surface area contributed by atoms with Crippen molar-refractivity contribution in [3.63, 3.8) is 0 Å². The zero-order valence-corrected chi connectivity index (χ0v) is 20.6. The predicted molar refractivity (Wildman–Crippen MR) is 118 cm³/mol. The van der Waals surface area contributed by atoms with Crippen molar-refractivity contribution in [1.82, 2.24) is 14.7 Å². The average Bonchev–Trinajstić information content (AvgIpc) is 2.67. The number of ketones is 1. The fraction of sp³-hybridized carbons (Fsp3) is 0.889. The third-order valence-electron chi connectivity index (χ3n) is 5.70. The molecule has 1 rings (SSSR count). The van der Waals surface area contributed by atoms with Crippen molar-refractivity contribution in [3.8, 4) is 0 Å². The first-order valence-electron chi connectivity index (χ1n) is 10.7. The van der Waals surface area contributed by atoms with Crippen molar-refractivity contribution < 1.29 is 43.4 Å². The van der Waals surface area contributed by atoms with Crippen molar-refractivity contribution in [2.75, 3.05) is 52.9 Å². The second kappa shape index (κ2) is 12.7. The lowest BCUT2D eigenvalue weighted by Gasteiger charge is -2.33. The molecule has 12 nitrogen and oxygen atoms in total. The largest absolute Gasteiger partial charge is 0.369 e. The third-order valence-corrected chi connectivity index (χ3v) is 9.57. The van der Waals surface area contributed by atoms with Crippen LogP contribution in [0.4, 0.5) is 0 Å². The number of nitrogens with zero attached hydrogens (tertiary/aromatic N) is 3. The van der Waals surface area contributed by atoms with Gasteiger partial charge in [-0.2, -0.15) is 0 Å². The van der Waals surface area contributed by atoms with E-state index in [0.29, 0.717) is 58.4 Å². The molecule has 188 valence electrons. The summed E-state index contributed by atoms with van der Waals surface area (Å²) in [5.41, 5.74) is 0. The van der Waals surface area contributed by atoms with Gasteiger partial charge in [0.25, 0.3) is 5.08 Å². The summed E-state index contributed by atoms with van der Waals surface area (Å²) in [5, 5.41) is 6.52. The number of amides is 1. The van der Waals surface area contributed by atoms with Gasteiger partial charge >= 0.3 is 15.2 Å². The first-order chi connectivity index (χ1) is 14.7. The van der Waals surface area contributed by atoms with E-state index < -0.39 is 26.7 Å². The van der Waals surface area contributed by atoms with Gasteiger partial charge in [0.15, 0.2) is 0 Å². The molecule has 0 radical (unpaired) electrons.